The predicted molar refractivity (Wildman–Crippen MR) is 53.0 cm³/mol. The smallest absolute Gasteiger partial charge is 0.410 e. The van der Waals surface area contributed by atoms with Crippen LogP contribution in [-0.4, -0.2) is 40.9 Å². The number of hydrogen-bond acceptors (Lipinski definition) is 3. The minimum Gasteiger partial charge on any atom is -0.444 e. The second kappa shape index (κ2) is 3.77. The molecule has 0 spiro atoms. The lowest BCUT2D eigenvalue weighted by atomic mass is 9.92. The van der Waals surface area contributed by atoms with E-state index in [1.54, 1.807) is 4.90 Å². The van der Waals surface area contributed by atoms with Crippen LogP contribution < -0.4 is 0 Å². The monoisotopic (exact) mass is 201 g/mol. The van der Waals surface area contributed by atoms with E-state index in [0.717, 1.165) is 0 Å². The molecule has 4 heteroatoms. The van der Waals surface area contributed by atoms with Crippen LogP contribution in [0.1, 0.15) is 27.7 Å². The summed E-state index contributed by atoms with van der Waals surface area (Å²) in [5.41, 5.74) is -0.462. The Kier molecular flexibility index (Phi) is 3.04. The molecule has 2 atom stereocenters. The van der Waals surface area contributed by atoms with Gasteiger partial charge in [0.15, 0.2) is 0 Å². The molecule has 0 radical (unpaired) electrons. The normalized spacial score (nSPS) is 27.1. The molecule has 0 aliphatic carbocycles. The third-order valence-corrected chi connectivity index (χ3v) is 2.36. The molecule has 0 unspecified atom stereocenters. The van der Waals surface area contributed by atoms with Gasteiger partial charge in [-0.05, 0) is 26.7 Å². The first-order valence-corrected chi connectivity index (χ1v) is 4.95. The van der Waals surface area contributed by atoms with E-state index < -0.39 is 5.60 Å². The van der Waals surface area contributed by atoms with Gasteiger partial charge in [-0.1, -0.05) is 6.92 Å². The van der Waals surface area contributed by atoms with Crippen molar-refractivity contribution in [1.82, 2.24) is 4.90 Å². The van der Waals surface area contributed by atoms with E-state index >= 15 is 0 Å². The Balaban J connectivity index is 2.47. The molecule has 0 aromatic rings. The third kappa shape index (κ3) is 2.38. The SMILES string of the molecule is C[C@H]1CN(C(=O)OC(C)(C)C)[C@@H]1CO. The highest BCUT2D eigenvalue weighted by molar-refractivity contribution is 5.69. The summed E-state index contributed by atoms with van der Waals surface area (Å²) in [6.45, 7) is 8.22. The van der Waals surface area contributed by atoms with E-state index in [1.165, 1.54) is 0 Å². The van der Waals surface area contributed by atoms with E-state index in [9.17, 15) is 4.79 Å². The number of nitrogens with zero attached hydrogens (tertiary/aromatic N) is 1. The maximum Gasteiger partial charge on any atom is 0.410 e. The van der Waals surface area contributed by atoms with Crippen molar-refractivity contribution < 1.29 is 14.6 Å². The van der Waals surface area contributed by atoms with Crippen LogP contribution in [0.3, 0.4) is 0 Å². The lowest BCUT2D eigenvalue weighted by molar-refractivity contribution is -0.0409. The lowest BCUT2D eigenvalue weighted by Gasteiger charge is -2.45. The molecular formula is C10H19NO3. The van der Waals surface area contributed by atoms with Crippen LogP contribution in [0.25, 0.3) is 0 Å². The van der Waals surface area contributed by atoms with Gasteiger partial charge in [-0.3, -0.25) is 0 Å². The van der Waals surface area contributed by atoms with E-state index in [1.807, 2.05) is 27.7 Å². The number of aliphatic hydroxyl groups excluding tert-OH is 1. The van der Waals surface area contributed by atoms with Crippen molar-refractivity contribution in [3.8, 4) is 0 Å². The molecule has 1 heterocycles. The van der Waals surface area contributed by atoms with Gasteiger partial charge in [0.1, 0.15) is 5.60 Å². The van der Waals surface area contributed by atoms with Gasteiger partial charge < -0.3 is 14.7 Å². The predicted octanol–water partition coefficient (Wildman–Crippen LogP) is 1.23. The number of likely N-dealkylation sites (tertiary alicyclic amines) is 1. The van der Waals surface area contributed by atoms with Crippen LogP contribution in [0.4, 0.5) is 4.79 Å². The average Bonchev–Trinajstić information content (AvgIpc) is 1.97. The molecular weight excluding hydrogens is 182 g/mol. The molecule has 0 saturated carbocycles. The Morgan fingerprint density at radius 1 is 1.57 bits per heavy atom. The van der Waals surface area contributed by atoms with Crippen molar-refractivity contribution in [1.29, 1.82) is 0 Å². The van der Waals surface area contributed by atoms with Crippen LogP contribution in [-0.2, 0) is 4.74 Å². The zero-order chi connectivity index (χ0) is 10.9. The number of hydrogen-bond donors (Lipinski definition) is 1. The van der Waals surface area contributed by atoms with E-state index in [0.29, 0.717) is 12.5 Å². The summed E-state index contributed by atoms with van der Waals surface area (Å²) in [5.74, 6) is 0.368. The third-order valence-electron chi connectivity index (χ3n) is 2.36. The van der Waals surface area contributed by atoms with Gasteiger partial charge in [0, 0.05) is 6.54 Å². The highest BCUT2D eigenvalue weighted by atomic mass is 16.6. The van der Waals surface area contributed by atoms with Crippen LogP contribution >= 0.6 is 0 Å². The van der Waals surface area contributed by atoms with E-state index in [4.69, 9.17) is 9.84 Å². The van der Waals surface area contributed by atoms with Crippen molar-refractivity contribution in [2.24, 2.45) is 5.92 Å². The maximum absolute atomic E-state index is 11.5. The summed E-state index contributed by atoms with van der Waals surface area (Å²) in [4.78, 5) is 13.1. The molecule has 1 amide bonds. The lowest BCUT2D eigenvalue weighted by Crippen LogP contribution is -2.60. The molecule has 1 fully saturated rings. The van der Waals surface area contributed by atoms with Gasteiger partial charge in [0.25, 0.3) is 0 Å². The zero-order valence-electron chi connectivity index (χ0n) is 9.28. The van der Waals surface area contributed by atoms with Crippen molar-refractivity contribution in [2.75, 3.05) is 13.2 Å². The number of ether oxygens (including phenoxy) is 1. The number of amides is 1. The molecule has 0 aromatic carbocycles. The van der Waals surface area contributed by atoms with Gasteiger partial charge in [0.05, 0.1) is 12.6 Å². The summed E-state index contributed by atoms with van der Waals surface area (Å²) in [7, 11) is 0. The fourth-order valence-electron chi connectivity index (χ4n) is 1.55. The quantitative estimate of drug-likeness (QED) is 0.694. The standard InChI is InChI=1S/C10H19NO3/c1-7-5-11(8(7)6-12)9(13)14-10(2,3)4/h7-8,12H,5-6H2,1-4H3/t7-,8+/m0/s1. The molecule has 1 aliphatic heterocycles. The summed E-state index contributed by atoms with van der Waals surface area (Å²) in [6.07, 6.45) is -0.324. The Morgan fingerprint density at radius 2 is 2.14 bits per heavy atom. The van der Waals surface area contributed by atoms with Gasteiger partial charge in [-0.25, -0.2) is 4.79 Å². The Morgan fingerprint density at radius 3 is 2.50 bits per heavy atom. The molecule has 14 heavy (non-hydrogen) atoms. The van der Waals surface area contributed by atoms with Crippen LogP contribution in [0.2, 0.25) is 0 Å². The average molecular weight is 201 g/mol. The summed E-state index contributed by atoms with van der Waals surface area (Å²) in [5, 5.41) is 9.02. The largest absolute Gasteiger partial charge is 0.444 e. The van der Waals surface area contributed by atoms with Crippen molar-refractivity contribution in [3.05, 3.63) is 0 Å². The fourth-order valence-corrected chi connectivity index (χ4v) is 1.55. The Bertz CT molecular complexity index is 222. The molecule has 1 N–H and O–H groups in total. The van der Waals surface area contributed by atoms with Crippen molar-refractivity contribution in [3.63, 3.8) is 0 Å². The fraction of sp³-hybridized carbons (Fsp3) is 0.900. The first-order chi connectivity index (χ1) is 6.35. The number of carbonyl (C=O) groups excluding carboxylic acids is 1. The van der Waals surface area contributed by atoms with Gasteiger partial charge in [0.2, 0.25) is 0 Å². The molecule has 1 saturated heterocycles. The number of carbonyl (C=O) groups is 1. The zero-order valence-corrected chi connectivity index (χ0v) is 9.28. The summed E-state index contributed by atoms with van der Waals surface area (Å²) in [6, 6.07) is -0.0650. The molecule has 1 rings (SSSR count). The molecule has 0 aromatic heterocycles. The van der Waals surface area contributed by atoms with Crippen LogP contribution in [0, 0.1) is 5.92 Å². The highest BCUT2D eigenvalue weighted by Gasteiger charge is 2.40. The number of rotatable bonds is 1. The van der Waals surface area contributed by atoms with E-state index in [2.05, 4.69) is 0 Å². The Labute approximate surface area is 84.8 Å². The van der Waals surface area contributed by atoms with Gasteiger partial charge in [-0.15, -0.1) is 0 Å². The topological polar surface area (TPSA) is 49.8 Å². The number of aliphatic hydroxyl groups is 1. The minimum atomic E-state index is -0.462. The van der Waals surface area contributed by atoms with Gasteiger partial charge >= 0.3 is 6.09 Å². The summed E-state index contributed by atoms with van der Waals surface area (Å²) < 4.78 is 5.20. The Hall–Kier alpha value is -0.770. The highest BCUT2D eigenvalue weighted by Crippen LogP contribution is 2.25. The molecule has 1 aliphatic rings. The maximum atomic E-state index is 11.5. The molecule has 0 bridgehead atoms. The first kappa shape index (κ1) is 11.3. The van der Waals surface area contributed by atoms with E-state index in [-0.39, 0.29) is 18.7 Å². The van der Waals surface area contributed by atoms with Crippen LogP contribution in [0.5, 0.6) is 0 Å². The van der Waals surface area contributed by atoms with Crippen molar-refractivity contribution in [2.45, 2.75) is 39.3 Å². The minimum absolute atomic E-state index is 0.0143. The first-order valence-electron chi connectivity index (χ1n) is 4.95. The van der Waals surface area contributed by atoms with Gasteiger partial charge in [-0.2, -0.15) is 0 Å². The second-order valence-corrected chi connectivity index (χ2v) is 4.86. The second-order valence-electron chi connectivity index (χ2n) is 4.86. The molecule has 82 valence electrons. The van der Waals surface area contributed by atoms with Crippen molar-refractivity contribution >= 4 is 6.09 Å². The van der Waals surface area contributed by atoms with Crippen LogP contribution in [0.15, 0.2) is 0 Å². The summed E-state index contributed by atoms with van der Waals surface area (Å²) >= 11 is 0. The molecule has 4 nitrogen and oxygen atoms in total.